The van der Waals surface area contributed by atoms with Crippen molar-refractivity contribution in [3.8, 4) is 0 Å². The van der Waals surface area contributed by atoms with Crippen LogP contribution >= 0.6 is 0 Å². The zero-order valence-electron chi connectivity index (χ0n) is 12.7. The summed E-state index contributed by atoms with van der Waals surface area (Å²) in [6.07, 6.45) is 1.21. The fraction of sp³-hybridized carbons (Fsp3) is 0.857. The molecule has 0 saturated carbocycles. The summed E-state index contributed by atoms with van der Waals surface area (Å²) in [5.41, 5.74) is -0.335. The van der Waals surface area contributed by atoms with Gasteiger partial charge in [0.2, 0.25) is 5.91 Å². The van der Waals surface area contributed by atoms with Crippen LogP contribution in [0.15, 0.2) is 0 Å². The molecule has 5 heteroatoms. The summed E-state index contributed by atoms with van der Waals surface area (Å²) < 4.78 is 0. The highest BCUT2D eigenvalue weighted by molar-refractivity contribution is 5.95. The molecule has 5 nitrogen and oxygen atoms in total. The van der Waals surface area contributed by atoms with Gasteiger partial charge in [-0.1, -0.05) is 13.8 Å². The van der Waals surface area contributed by atoms with E-state index in [1.54, 1.807) is 0 Å². The second kappa shape index (κ2) is 6.37. The number of carbonyl (C=O) groups is 2. The lowest BCUT2D eigenvalue weighted by atomic mass is 9.92. The van der Waals surface area contributed by atoms with Crippen LogP contribution in [0.25, 0.3) is 0 Å². The number of amides is 3. The summed E-state index contributed by atoms with van der Waals surface area (Å²) in [5.74, 6) is 0.989. The molecule has 1 heterocycles. The Bertz CT molecular complexity index is 326. The molecular formula is C14H27N3O2. The lowest BCUT2D eigenvalue weighted by Gasteiger charge is -2.34. The number of hydrogen-bond donors (Lipinski definition) is 2. The SMILES string of the molecule is C[C@@H]1C[C@H](C)CN(CC(=O)NC(=O)NC(C)(C)C)C1. The monoisotopic (exact) mass is 269 g/mol. The summed E-state index contributed by atoms with van der Waals surface area (Å²) in [4.78, 5) is 25.5. The van der Waals surface area contributed by atoms with Gasteiger partial charge in [-0.05, 0) is 39.0 Å². The van der Waals surface area contributed by atoms with Crippen LogP contribution in [-0.2, 0) is 4.79 Å². The molecule has 0 aromatic carbocycles. The summed E-state index contributed by atoms with van der Waals surface area (Å²) >= 11 is 0. The molecule has 1 aliphatic rings. The first-order valence-corrected chi connectivity index (χ1v) is 7.00. The van der Waals surface area contributed by atoms with Gasteiger partial charge in [0.15, 0.2) is 0 Å². The van der Waals surface area contributed by atoms with Gasteiger partial charge in [0.25, 0.3) is 0 Å². The standard InChI is InChI=1S/C14H27N3O2/c1-10-6-11(2)8-17(7-10)9-12(18)15-13(19)16-14(3,4)5/h10-11H,6-9H2,1-5H3,(H2,15,16,18,19)/t10-,11+. The summed E-state index contributed by atoms with van der Waals surface area (Å²) in [6, 6.07) is -0.421. The van der Waals surface area contributed by atoms with Gasteiger partial charge in [-0.15, -0.1) is 0 Å². The van der Waals surface area contributed by atoms with Crippen molar-refractivity contribution < 1.29 is 9.59 Å². The second-order valence-corrected chi connectivity index (χ2v) is 6.89. The van der Waals surface area contributed by atoms with E-state index in [1.807, 2.05) is 20.8 Å². The second-order valence-electron chi connectivity index (χ2n) is 6.89. The number of carbonyl (C=O) groups excluding carboxylic acids is 2. The van der Waals surface area contributed by atoms with E-state index in [2.05, 4.69) is 29.4 Å². The highest BCUT2D eigenvalue weighted by atomic mass is 16.2. The first-order chi connectivity index (χ1) is 8.65. The van der Waals surface area contributed by atoms with Crippen LogP contribution in [0.4, 0.5) is 4.79 Å². The third-order valence-corrected chi connectivity index (χ3v) is 3.05. The quantitative estimate of drug-likeness (QED) is 0.800. The van der Waals surface area contributed by atoms with Crippen LogP contribution in [0.3, 0.4) is 0 Å². The third-order valence-electron chi connectivity index (χ3n) is 3.05. The Labute approximate surface area is 116 Å². The van der Waals surface area contributed by atoms with Gasteiger partial charge in [0.05, 0.1) is 6.54 Å². The molecule has 0 radical (unpaired) electrons. The van der Waals surface area contributed by atoms with Gasteiger partial charge >= 0.3 is 6.03 Å². The van der Waals surface area contributed by atoms with Crippen molar-refractivity contribution in [3.63, 3.8) is 0 Å². The van der Waals surface area contributed by atoms with Crippen molar-refractivity contribution in [2.75, 3.05) is 19.6 Å². The first-order valence-electron chi connectivity index (χ1n) is 7.00. The average molecular weight is 269 g/mol. The molecule has 2 N–H and O–H groups in total. The lowest BCUT2D eigenvalue weighted by Crippen LogP contribution is -2.51. The minimum atomic E-state index is -0.421. The smallest absolute Gasteiger partial charge is 0.321 e. The van der Waals surface area contributed by atoms with Crippen molar-refractivity contribution in [3.05, 3.63) is 0 Å². The van der Waals surface area contributed by atoms with E-state index in [4.69, 9.17) is 0 Å². The van der Waals surface area contributed by atoms with Gasteiger partial charge in [-0.3, -0.25) is 15.0 Å². The number of likely N-dealkylation sites (tertiary alicyclic amines) is 1. The minimum absolute atomic E-state index is 0.233. The molecule has 1 fully saturated rings. The summed E-state index contributed by atoms with van der Waals surface area (Å²) in [6.45, 7) is 12.2. The Balaban J connectivity index is 2.36. The van der Waals surface area contributed by atoms with Crippen molar-refractivity contribution in [2.24, 2.45) is 11.8 Å². The topological polar surface area (TPSA) is 61.4 Å². The Hall–Kier alpha value is -1.10. The number of rotatable bonds is 2. The van der Waals surface area contributed by atoms with Gasteiger partial charge in [0, 0.05) is 18.6 Å². The summed E-state index contributed by atoms with van der Waals surface area (Å²) in [7, 11) is 0. The Morgan fingerprint density at radius 2 is 1.68 bits per heavy atom. The fourth-order valence-corrected chi connectivity index (χ4v) is 2.66. The van der Waals surface area contributed by atoms with Crippen LogP contribution in [0.5, 0.6) is 0 Å². The van der Waals surface area contributed by atoms with Gasteiger partial charge in [-0.2, -0.15) is 0 Å². The van der Waals surface area contributed by atoms with Crippen molar-refractivity contribution >= 4 is 11.9 Å². The number of urea groups is 1. The molecule has 0 aromatic heterocycles. The van der Waals surface area contributed by atoms with Crippen molar-refractivity contribution in [2.45, 2.75) is 46.6 Å². The van der Waals surface area contributed by atoms with Gasteiger partial charge < -0.3 is 5.32 Å². The molecule has 0 spiro atoms. The van der Waals surface area contributed by atoms with E-state index >= 15 is 0 Å². The number of nitrogens with one attached hydrogen (secondary N) is 2. The lowest BCUT2D eigenvalue weighted by molar-refractivity contribution is -0.121. The van der Waals surface area contributed by atoms with E-state index in [-0.39, 0.29) is 11.4 Å². The fourth-order valence-electron chi connectivity index (χ4n) is 2.66. The maximum Gasteiger partial charge on any atom is 0.321 e. The molecular weight excluding hydrogens is 242 g/mol. The van der Waals surface area contributed by atoms with Crippen molar-refractivity contribution in [1.29, 1.82) is 0 Å². The minimum Gasteiger partial charge on any atom is -0.333 e. The van der Waals surface area contributed by atoms with Gasteiger partial charge in [0.1, 0.15) is 0 Å². The molecule has 3 amide bonds. The normalized spacial score (nSPS) is 24.9. The molecule has 110 valence electrons. The highest BCUT2D eigenvalue weighted by Crippen LogP contribution is 2.20. The molecule has 19 heavy (non-hydrogen) atoms. The van der Waals surface area contributed by atoms with Crippen LogP contribution in [-0.4, -0.2) is 42.0 Å². The number of hydrogen-bond acceptors (Lipinski definition) is 3. The highest BCUT2D eigenvalue weighted by Gasteiger charge is 2.24. The molecule has 1 aliphatic heterocycles. The number of piperidine rings is 1. The number of nitrogens with zero attached hydrogens (tertiary/aromatic N) is 1. The van der Waals surface area contributed by atoms with Crippen LogP contribution in [0.2, 0.25) is 0 Å². The van der Waals surface area contributed by atoms with E-state index < -0.39 is 6.03 Å². The molecule has 0 unspecified atom stereocenters. The molecule has 0 aromatic rings. The Morgan fingerprint density at radius 3 is 2.16 bits per heavy atom. The molecule has 1 rings (SSSR count). The predicted octanol–water partition coefficient (Wildman–Crippen LogP) is 1.59. The molecule has 1 saturated heterocycles. The molecule has 0 bridgehead atoms. The van der Waals surface area contributed by atoms with E-state index in [0.717, 1.165) is 13.1 Å². The van der Waals surface area contributed by atoms with Crippen molar-refractivity contribution in [1.82, 2.24) is 15.5 Å². The van der Waals surface area contributed by atoms with E-state index in [1.165, 1.54) is 6.42 Å². The Kier molecular flexibility index (Phi) is 5.35. The Morgan fingerprint density at radius 1 is 1.16 bits per heavy atom. The average Bonchev–Trinajstić information content (AvgIpc) is 2.10. The van der Waals surface area contributed by atoms with Crippen LogP contribution < -0.4 is 10.6 Å². The van der Waals surface area contributed by atoms with Crippen LogP contribution in [0, 0.1) is 11.8 Å². The predicted molar refractivity (Wildman–Crippen MR) is 75.8 cm³/mol. The van der Waals surface area contributed by atoms with Gasteiger partial charge in [-0.25, -0.2) is 4.79 Å². The number of imide groups is 1. The van der Waals surface area contributed by atoms with E-state index in [9.17, 15) is 9.59 Å². The van der Waals surface area contributed by atoms with Crippen LogP contribution in [0.1, 0.15) is 41.0 Å². The third kappa shape index (κ3) is 6.57. The zero-order valence-corrected chi connectivity index (χ0v) is 12.7. The largest absolute Gasteiger partial charge is 0.333 e. The first kappa shape index (κ1) is 16.0. The zero-order chi connectivity index (χ0) is 14.6. The van der Waals surface area contributed by atoms with E-state index in [0.29, 0.717) is 18.4 Å². The summed E-state index contributed by atoms with van der Waals surface area (Å²) in [5, 5.41) is 5.10. The molecule has 0 aliphatic carbocycles. The maximum atomic E-state index is 11.8. The maximum absolute atomic E-state index is 11.8. The molecule has 2 atom stereocenters.